The number of fused-ring (bicyclic) bond motifs is 1. The molecule has 0 amide bonds. The number of benzene rings is 1. The van der Waals surface area contributed by atoms with E-state index in [1.165, 1.54) is 13.2 Å². The van der Waals surface area contributed by atoms with Crippen molar-refractivity contribution in [1.29, 1.82) is 0 Å². The van der Waals surface area contributed by atoms with Crippen molar-refractivity contribution in [2.45, 2.75) is 19.9 Å². The van der Waals surface area contributed by atoms with Crippen LogP contribution in [0.4, 0.5) is 4.39 Å². The van der Waals surface area contributed by atoms with Crippen LogP contribution in [0.1, 0.15) is 24.2 Å². The zero-order chi connectivity index (χ0) is 11.9. The van der Waals surface area contributed by atoms with Crippen LogP contribution in [-0.2, 0) is 0 Å². The third kappa shape index (κ3) is 1.55. The van der Waals surface area contributed by atoms with Crippen molar-refractivity contribution in [3.63, 3.8) is 0 Å². The first kappa shape index (κ1) is 11.0. The standard InChI is InChI=1S/C12H15FN2O/c1-6(14)12-7(2)15-10-5-11(16-3)9(13)4-8(10)12/h4-6,15H,14H2,1-3H3. The van der Waals surface area contributed by atoms with Gasteiger partial charge in [0.05, 0.1) is 7.11 Å². The number of nitrogens with two attached hydrogens (primary N) is 1. The lowest BCUT2D eigenvalue weighted by Gasteiger charge is -2.06. The first-order valence-electron chi connectivity index (χ1n) is 5.16. The van der Waals surface area contributed by atoms with Crippen LogP contribution in [0, 0.1) is 12.7 Å². The van der Waals surface area contributed by atoms with Crippen molar-refractivity contribution in [3.05, 3.63) is 29.2 Å². The first-order valence-corrected chi connectivity index (χ1v) is 5.16. The highest BCUT2D eigenvalue weighted by Gasteiger charge is 2.14. The van der Waals surface area contributed by atoms with E-state index in [4.69, 9.17) is 10.5 Å². The van der Waals surface area contributed by atoms with Crippen LogP contribution in [0.5, 0.6) is 5.75 Å². The zero-order valence-electron chi connectivity index (χ0n) is 9.60. The fourth-order valence-corrected chi connectivity index (χ4v) is 2.09. The quantitative estimate of drug-likeness (QED) is 0.820. The largest absolute Gasteiger partial charge is 0.494 e. The van der Waals surface area contributed by atoms with Crippen molar-refractivity contribution in [1.82, 2.24) is 4.98 Å². The van der Waals surface area contributed by atoms with Gasteiger partial charge in [-0.15, -0.1) is 0 Å². The minimum atomic E-state index is -0.365. The van der Waals surface area contributed by atoms with E-state index in [1.807, 2.05) is 13.8 Å². The highest BCUT2D eigenvalue weighted by molar-refractivity contribution is 5.86. The Morgan fingerprint density at radius 1 is 1.44 bits per heavy atom. The van der Waals surface area contributed by atoms with Gasteiger partial charge in [-0.3, -0.25) is 0 Å². The predicted molar refractivity (Wildman–Crippen MR) is 62.1 cm³/mol. The van der Waals surface area contributed by atoms with E-state index in [0.29, 0.717) is 0 Å². The molecule has 2 aromatic rings. The molecule has 1 aromatic carbocycles. The van der Waals surface area contributed by atoms with Crippen LogP contribution in [0.3, 0.4) is 0 Å². The third-order valence-corrected chi connectivity index (χ3v) is 2.76. The highest BCUT2D eigenvalue weighted by Crippen LogP contribution is 2.31. The van der Waals surface area contributed by atoms with E-state index in [0.717, 1.165) is 22.2 Å². The summed E-state index contributed by atoms with van der Waals surface area (Å²) < 4.78 is 18.5. The molecule has 0 bridgehead atoms. The maximum absolute atomic E-state index is 13.6. The Hall–Kier alpha value is -1.55. The number of methoxy groups -OCH3 is 1. The summed E-state index contributed by atoms with van der Waals surface area (Å²) in [6.07, 6.45) is 0. The van der Waals surface area contributed by atoms with Gasteiger partial charge in [0.1, 0.15) is 0 Å². The van der Waals surface area contributed by atoms with Gasteiger partial charge in [-0.2, -0.15) is 0 Å². The van der Waals surface area contributed by atoms with Gasteiger partial charge in [0.25, 0.3) is 0 Å². The molecular formula is C12H15FN2O. The lowest BCUT2D eigenvalue weighted by molar-refractivity contribution is 0.387. The van der Waals surface area contributed by atoms with E-state index in [1.54, 1.807) is 6.07 Å². The fraction of sp³-hybridized carbons (Fsp3) is 0.333. The number of rotatable bonds is 2. The number of aromatic nitrogens is 1. The number of hydrogen-bond donors (Lipinski definition) is 2. The van der Waals surface area contributed by atoms with Crippen LogP contribution in [-0.4, -0.2) is 12.1 Å². The lowest BCUT2D eigenvalue weighted by Crippen LogP contribution is -2.05. The Morgan fingerprint density at radius 2 is 2.12 bits per heavy atom. The summed E-state index contributed by atoms with van der Waals surface area (Å²) in [6.45, 7) is 3.82. The molecule has 0 aliphatic heterocycles. The van der Waals surface area contributed by atoms with Crippen molar-refractivity contribution >= 4 is 10.9 Å². The predicted octanol–water partition coefficient (Wildman–Crippen LogP) is 2.64. The second-order valence-corrected chi connectivity index (χ2v) is 3.98. The maximum Gasteiger partial charge on any atom is 0.165 e. The van der Waals surface area contributed by atoms with E-state index in [9.17, 15) is 4.39 Å². The zero-order valence-corrected chi connectivity index (χ0v) is 9.60. The second kappa shape index (κ2) is 3.79. The van der Waals surface area contributed by atoms with Gasteiger partial charge in [0.2, 0.25) is 0 Å². The second-order valence-electron chi connectivity index (χ2n) is 3.98. The number of nitrogens with one attached hydrogen (secondary N) is 1. The summed E-state index contributed by atoms with van der Waals surface area (Å²) in [7, 11) is 1.45. The average Bonchev–Trinajstić information content (AvgIpc) is 2.51. The van der Waals surface area contributed by atoms with Gasteiger partial charge in [0, 0.05) is 28.7 Å². The van der Waals surface area contributed by atoms with Gasteiger partial charge >= 0.3 is 0 Å². The minimum Gasteiger partial charge on any atom is -0.494 e. The van der Waals surface area contributed by atoms with Crippen LogP contribution >= 0.6 is 0 Å². The number of halogens is 1. The molecule has 1 aromatic heterocycles. The number of hydrogen-bond acceptors (Lipinski definition) is 2. The molecule has 0 saturated heterocycles. The molecule has 0 aliphatic carbocycles. The van der Waals surface area contributed by atoms with Gasteiger partial charge in [-0.25, -0.2) is 4.39 Å². The molecule has 3 nitrogen and oxygen atoms in total. The smallest absolute Gasteiger partial charge is 0.165 e. The molecule has 2 rings (SSSR count). The summed E-state index contributed by atoms with van der Waals surface area (Å²) in [5, 5.41) is 0.825. The molecular weight excluding hydrogens is 207 g/mol. The molecule has 1 unspecified atom stereocenters. The molecule has 16 heavy (non-hydrogen) atoms. The molecule has 0 fully saturated rings. The fourth-order valence-electron chi connectivity index (χ4n) is 2.09. The van der Waals surface area contributed by atoms with Crippen molar-refractivity contribution in [2.75, 3.05) is 7.11 Å². The monoisotopic (exact) mass is 222 g/mol. The van der Waals surface area contributed by atoms with Gasteiger partial charge in [0.15, 0.2) is 11.6 Å². The number of aryl methyl sites for hydroxylation is 1. The van der Waals surface area contributed by atoms with Crippen LogP contribution in [0.25, 0.3) is 10.9 Å². The summed E-state index contributed by atoms with van der Waals surface area (Å²) in [5.41, 5.74) is 8.65. The first-order chi connectivity index (χ1) is 7.54. The highest BCUT2D eigenvalue weighted by atomic mass is 19.1. The Kier molecular flexibility index (Phi) is 2.59. The normalized spacial score (nSPS) is 13.1. The van der Waals surface area contributed by atoms with Crippen molar-refractivity contribution < 1.29 is 9.13 Å². The number of ether oxygens (including phenoxy) is 1. The van der Waals surface area contributed by atoms with E-state index < -0.39 is 0 Å². The molecule has 0 aliphatic rings. The molecule has 3 N–H and O–H groups in total. The Morgan fingerprint density at radius 3 is 2.69 bits per heavy atom. The van der Waals surface area contributed by atoms with E-state index >= 15 is 0 Å². The van der Waals surface area contributed by atoms with E-state index in [-0.39, 0.29) is 17.6 Å². The van der Waals surface area contributed by atoms with Crippen LogP contribution in [0.15, 0.2) is 12.1 Å². The summed E-state index contributed by atoms with van der Waals surface area (Å²) in [6, 6.07) is 3.00. The Bertz CT molecular complexity index is 531. The van der Waals surface area contributed by atoms with Crippen LogP contribution < -0.4 is 10.5 Å². The summed E-state index contributed by atoms with van der Waals surface area (Å²) in [5.74, 6) is -0.124. The van der Waals surface area contributed by atoms with Gasteiger partial charge in [-0.1, -0.05) is 0 Å². The molecule has 1 heterocycles. The molecule has 0 radical (unpaired) electrons. The molecule has 0 spiro atoms. The maximum atomic E-state index is 13.6. The van der Waals surface area contributed by atoms with E-state index in [2.05, 4.69) is 4.98 Å². The summed E-state index contributed by atoms with van der Waals surface area (Å²) >= 11 is 0. The molecule has 4 heteroatoms. The van der Waals surface area contributed by atoms with Crippen LogP contribution in [0.2, 0.25) is 0 Å². The van der Waals surface area contributed by atoms with Crippen molar-refractivity contribution in [2.24, 2.45) is 5.73 Å². The average molecular weight is 222 g/mol. The Labute approximate surface area is 93.4 Å². The van der Waals surface area contributed by atoms with Gasteiger partial charge in [-0.05, 0) is 25.5 Å². The molecule has 86 valence electrons. The number of H-pyrrole nitrogens is 1. The Balaban J connectivity index is 2.76. The van der Waals surface area contributed by atoms with Gasteiger partial charge < -0.3 is 15.5 Å². The molecule has 0 saturated carbocycles. The van der Waals surface area contributed by atoms with Crippen molar-refractivity contribution in [3.8, 4) is 5.75 Å². The summed E-state index contributed by atoms with van der Waals surface area (Å²) in [4.78, 5) is 3.18. The minimum absolute atomic E-state index is 0.124. The topological polar surface area (TPSA) is 51.0 Å². The SMILES string of the molecule is COc1cc2[nH]c(C)c(C(C)N)c2cc1F. The molecule has 1 atom stereocenters. The third-order valence-electron chi connectivity index (χ3n) is 2.76. The number of aromatic amines is 1. The lowest BCUT2D eigenvalue weighted by atomic mass is 10.1.